The van der Waals surface area contributed by atoms with E-state index in [1.165, 1.54) is 16.3 Å². The number of nitrogens with zero attached hydrogens (tertiary/aromatic N) is 3. The molecule has 0 bridgehead atoms. The number of carbonyl (C=O) groups is 1. The van der Waals surface area contributed by atoms with Gasteiger partial charge in [0, 0.05) is 22.7 Å². The van der Waals surface area contributed by atoms with Crippen LogP contribution in [0.1, 0.15) is 15.9 Å². The van der Waals surface area contributed by atoms with Crippen molar-refractivity contribution in [3.8, 4) is 11.8 Å². The van der Waals surface area contributed by atoms with E-state index >= 15 is 0 Å². The highest BCUT2D eigenvalue weighted by molar-refractivity contribution is 7.99. The number of benzene rings is 3. The monoisotopic (exact) mass is 436 g/mol. The first kappa shape index (κ1) is 19.8. The molecular weight excluding hydrogens is 420 g/mol. The Morgan fingerprint density at radius 1 is 1.00 bits per heavy atom. The summed E-state index contributed by atoms with van der Waals surface area (Å²) in [5.41, 5.74) is 2.96. The van der Waals surface area contributed by atoms with E-state index in [2.05, 4.69) is 16.0 Å². The largest absolute Gasteiger partial charge is 0.360 e. The normalized spacial score (nSPS) is 11.0. The minimum atomic E-state index is -0.220. The van der Waals surface area contributed by atoms with Crippen LogP contribution in [-0.4, -0.2) is 26.1 Å². The van der Waals surface area contributed by atoms with Crippen LogP contribution in [0.3, 0.4) is 0 Å². The molecule has 0 atom stereocenters. The van der Waals surface area contributed by atoms with Crippen molar-refractivity contribution in [1.29, 1.82) is 5.26 Å². The lowest BCUT2D eigenvalue weighted by molar-refractivity contribution is 0.102. The second-order valence-corrected chi connectivity index (χ2v) is 8.11. The maximum Gasteiger partial charge on any atom is 0.266 e. The highest BCUT2D eigenvalue weighted by Crippen LogP contribution is 2.25. The number of aromatic nitrogens is 3. The fraction of sp³-hybridized carbons (Fsp3) is 0.0400. The van der Waals surface area contributed by atoms with Crippen molar-refractivity contribution in [3.05, 3.63) is 100 Å². The molecule has 0 spiro atoms. The van der Waals surface area contributed by atoms with Crippen molar-refractivity contribution in [2.45, 2.75) is 5.16 Å². The van der Waals surface area contributed by atoms with Crippen LogP contribution >= 0.6 is 11.8 Å². The first-order valence-electron chi connectivity index (χ1n) is 9.90. The summed E-state index contributed by atoms with van der Waals surface area (Å²) in [6.07, 6.45) is 1.72. The summed E-state index contributed by atoms with van der Waals surface area (Å²) in [5, 5.41) is 10.9. The van der Waals surface area contributed by atoms with Crippen molar-refractivity contribution in [1.82, 2.24) is 14.5 Å². The SMILES string of the molecule is N#Cc1ccc(-n2c(SCC(=O)c3c[nH]c4ccccc34)nc3ccccc3c2=O)cc1. The van der Waals surface area contributed by atoms with Crippen LogP contribution in [0.2, 0.25) is 0 Å². The highest BCUT2D eigenvalue weighted by Gasteiger charge is 2.17. The molecule has 0 saturated heterocycles. The zero-order valence-corrected chi connectivity index (χ0v) is 17.6. The van der Waals surface area contributed by atoms with Gasteiger partial charge in [0.15, 0.2) is 10.9 Å². The number of thioether (sulfide) groups is 1. The number of para-hydroxylation sites is 2. The summed E-state index contributed by atoms with van der Waals surface area (Å²) in [4.78, 5) is 34.1. The molecule has 0 radical (unpaired) electrons. The van der Waals surface area contributed by atoms with E-state index in [4.69, 9.17) is 5.26 Å². The quantitative estimate of drug-likeness (QED) is 0.245. The average Bonchev–Trinajstić information content (AvgIpc) is 3.27. The minimum Gasteiger partial charge on any atom is -0.360 e. The fourth-order valence-electron chi connectivity index (χ4n) is 3.63. The minimum absolute atomic E-state index is 0.0544. The van der Waals surface area contributed by atoms with Crippen LogP contribution in [0.25, 0.3) is 27.5 Å². The Labute approximate surface area is 187 Å². The van der Waals surface area contributed by atoms with E-state index in [0.717, 1.165) is 10.9 Å². The van der Waals surface area contributed by atoms with Crippen LogP contribution in [0.15, 0.2) is 88.9 Å². The van der Waals surface area contributed by atoms with E-state index in [1.54, 1.807) is 48.7 Å². The number of Topliss-reactive ketones (excluding diaryl/α,β-unsaturated/α-hetero) is 1. The Hall–Kier alpha value is -4.15. The van der Waals surface area contributed by atoms with Gasteiger partial charge in [-0.05, 0) is 42.5 Å². The van der Waals surface area contributed by atoms with Crippen LogP contribution < -0.4 is 5.56 Å². The Kier molecular flexibility index (Phi) is 5.06. The number of nitrogens with one attached hydrogen (secondary N) is 1. The molecule has 7 heteroatoms. The number of aromatic amines is 1. The topological polar surface area (TPSA) is 91.5 Å². The van der Waals surface area contributed by atoms with E-state index in [0.29, 0.717) is 32.9 Å². The smallest absolute Gasteiger partial charge is 0.266 e. The number of rotatable bonds is 5. The zero-order valence-electron chi connectivity index (χ0n) is 16.8. The molecule has 0 aliphatic heterocycles. The number of nitriles is 1. The second kappa shape index (κ2) is 8.17. The molecule has 0 aliphatic rings. The van der Waals surface area contributed by atoms with Gasteiger partial charge in [-0.25, -0.2) is 4.98 Å². The number of fused-ring (bicyclic) bond motifs is 2. The van der Waals surface area contributed by atoms with Crippen molar-refractivity contribution in [3.63, 3.8) is 0 Å². The van der Waals surface area contributed by atoms with E-state index in [9.17, 15) is 9.59 Å². The summed E-state index contributed by atoms with van der Waals surface area (Å²) in [5.74, 6) is 0.0735. The summed E-state index contributed by atoms with van der Waals surface area (Å²) in [6, 6.07) is 23.6. The summed E-state index contributed by atoms with van der Waals surface area (Å²) >= 11 is 1.22. The van der Waals surface area contributed by atoms with Gasteiger partial charge in [0.05, 0.1) is 34.0 Å². The average molecular weight is 436 g/mol. The van der Waals surface area contributed by atoms with Crippen molar-refractivity contribution in [2.24, 2.45) is 0 Å². The summed E-state index contributed by atoms with van der Waals surface area (Å²) in [6.45, 7) is 0. The summed E-state index contributed by atoms with van der Waals surface area (Å²) < 4.78 is 1.50. The van der Waals surface area contributed by atoms with Gasteiger partial charge >= 0.3 is 0 Å². The first-order chi connectivity index (χ1) is 15.7. The molecular formula is C25H16N4O2S. The lowest BCUT2D eigenvalue weighted by atomic mass is 10.1. The van der Waals surface area contributed by atoms with Crippen molar-refractivity contribution >= 4 is 39.4 Å². The highest BCUT2D eigenvalue weighted by atomic mass is 32.2. The van der Waals surface area contributed by atoms with Gasteiger partial charge < -0.3 is 4.98 Å². The molecule has 32 heavy (non-hydrogen) atoms. The molecule has 3 aromatic carbocycles. The molecule has 2 aromatic heterocycles. The zero-order chi connectivity index (χ0) is 22.1. The van der Waals surface area contributed by atoms with Gasteiger partial charge in [0.25, 0.3) is 5.56 Å². The van der Waals surface area contributed by atoms with Crippen molar-refractivity contribution < 1.29 is 4.79 Å². The fourth-order valence-corrected chi connectivity index (χ4v) is 4.53. The number of hydrogen-bond acceptors (Lipinski definition) is 5. The van der Waals surface area contributed by atoms with E-state index in [1.807, 2.05) is 30.3 Å². The van der Waals surface area contributed by atoms with Crippen LogP contribution in [0, 0.1) is 11.3 Å². The molecule has 0 unspecified atom stereocenters. The maximum atomic E-state index is 13.3. The van der Waals surface area contributed by atoms with Gasteiger partial charge in [-0.2, -0.15) is 5.26 Å². The van der Waals surface area contributed by atoms with Gasteiger partial charge in [-0.1, -0.05) is 42.1 Å². The molecule has 0 saturated carbocycles. The van der Waals surface area contributed by atoms with Crippen molar-refractivity contribution in [2.75, 3.05) is 5.75 Å². The molecule has 0 fully saturated rings. The molecule has 154 valence electrons. The Morgan fingerprint density at radius 3 is 2.50 bits per heavy atom. The predicted octanol–water partition coefficient (Wildman–Crippen LogP) is 4.71. The first-order valence-corrected chi connectivity index (χ1v) is 10.9. The molecule has 1 N–H and O–H groups in total. The van der Waals surface area contributed by atoms with Gasteiger partial charge in [0.2, 0.25) is 0 Å². The Morgan fingerprint density at radius 2 is 1.72 bits per heavy atom. The Balaban J connectivity index is 1.55. The molecule has 5 aromatic rings. The Bertz CT molecular complexity index is 1580. The van der Waals surface area contributed by atoms with Crippen LogP contribution in [0.5, 0.6) is 0 Å². The molecule has 0 aliphatic carbocycles. The van der Waals surface area contributed by atoms with Crippen LogP contribution in [0.4, 0.5) is 0 Å². The second-order valence-electron chi connectivity index (χ2n) is 7.17. The lowest BCUT2D eigenvalue weighted by Crippen LogP contribution is -2.22. The van der Waals surface area contributed by atoms with Gasteiger partial charge in [0.1, 0.15) is 0 Å². The third-order valence-corrected chi connectivity index (χ3v) is 6.16. The molecule has 5 rings (SSSR count). The number of H-pyrrole nitrogens is 1. The van der Waals surface area contributed by atoms with Gasteiger partial charge in [-0.3, -0.25) is 14.2 Å². The van der Waals surface area contributed by atoms with E-state index in [-0.39, 0.29) is 17.1 Å². The van der Waals surface area contributed by atoms with Gasteiger partial charge in [-0.15, -0.1) is 0 Å². The molecule has 6 nitrogen and oxygen atoms in total. The standard InChI is InChI=1S/C25H16N4O2S/c26-13-16-9-11-17(12-10-16)29-24(31)19-6-2-4-8-22(19)28-25(29)32-15-23(30)20-14-27-21-7-3-1-5-18(20)21/h1-12,14,27H,15H2. The third-order valence-electron chi connectivity index (χ3n) is 5.22. The third kappa shape index (κ3) is 3.47. The lowest BCUT2D eigenvalue weighted by Gasteiger charge is -2.13. The molecule has 2 heterocycles. The van der Waals surface area contributed by atoms with E-state index < -0.39 is 0 Å². The maximum absolute atomic E-state index is 13.3. The number of hydrogen-bond donors (Lipinski definition) is 1. The number of ketones is 1. The summed E-state index contributed by atoms with van der Waals surface area (Å²) in [7, 11) is 0. The number of carbonyl (C=O) groups excluding carboxylic acids is 1. The molecule has 0 amide bonds. The van der Waals surface area contributed by atoms with Crippen LogP contribution in [-0.2, 0) is 0 Å². The predicted molar refractivity (Wildman–Crippen MR) is 125 cm³/mol.